The molecule has 1 heterocycles. The minimum Gasteiger partial charge on any atom is -0.345 e. The Hall–Kier alpha value is -3.07. The zero-order chi connectivity index (χ0) is 26.3. The molecule has 0 aliphatic carbocycles. The quantitative estimate of drug-likeness (QED) is 0.284. The van der Waals surface area contributed by atoms with Crippen LogP contribution in [0.3, 0.4) is 0 Å². The highest BCUT2D eigenvalue weighted by Gasteiger charge is 2.21. The second kappa shape index (κ2) is 12.3. The van der Waals surface area contributed by atoms with Gasteiger partial charge in [-0.3, -0.25) is 9.59 Å². The third-order valence-electron chi connectivity index (χ3n) is 6.01. The van der Waals surface area contributed by atoms with Crippen LogP contribution in [-0.2, 0) is 9.36 Å². The number of hydrogen-bond acceptors (Lipinski definition) is 4. The second-order valence-electron chi connectivity index (χ2n) is 8.80. The number of benzene rings is 3. The lowest BCUT2D eigenvalue weighted by Gasteiger charge is -2.23. The Morgan fingerprint density at radius 3 is 2.42 bits per heavy atom. The molecule has 1 fully saturated rings. The molecular formula is C26H32N3O6P. The summed E-state index contributed by atoms with van der Waals surface area (Å²) >= 11 is 0. The van der Waals surface area contributed by atoms with Gasteiger partial charge in [0.25, 0.3) is 5.91 Å². The number of rotatable bonds is 5. The normalized spacial score (nSPS) is 16.4. The molecule has 0 bridgehead atoms. The molecule has 0 unspecified atom stereocenters. The van der Waals surface area contributed by atoms with E-state index in [1.165, 1.54) is 0 Å². The number of aryl methyl sites for hydroxylation is 1. The minimum absolute atomic E-state index is 0.0426. The van der Waals surface area contributed by atoms with Crippen LogP contribution in [0.15, 0.2) is 60.7 Å². The predicted molar refractivity (Wildman–Crippen MR) is 140 cm³/mol. The molecule has 36 heavy (non-hydrogen) atoms. The molecule has 0 aromatic heterocycles. The highest BCUT2D eigenvalue weighted by atomic mass is 31.2. The molecule has 10 heteroatoms. The van der Waals surface area contributed by atoms with E-state index in [0.29, 0.717) is 11.3 Å². The monoisotopic (exact) mass is 513 g/mol. The first-order chi connectivity index (χ1) is 17.0. The largest absolute Gasteiger partial charge is 0.466 e. The van der Waals surface area contributed by atoms with Crippen molar-refractivity contribution in [3.8, 4) is 0 Å². The fourth-order valence-electron chi connectivity index (χ4n) is 4.23. The van der Waals surface area contributed by atoms with Gasteiger partial charge in [0.2, 0.25) is 5.91 Å². The van der Waals surface area contributed by atoms with Gasteiger partial charge in [-0.25, -0.2) is 4.57 Å². The smallest absolute Gasteiger partial charge is 0.345 e. The average molecular weight is 514 g/mol. The van der Waals surface area contributed by atoms with Gasteiger partial charge in [-0.1, -0.05) is 55.0 Å². The zero-order valence-corrected chi connectivity index (χ0v) is 21.2. The third kappa shape index (κ3) is 7.98. The van der Waals surface area contributed by atoms with Crippen molar-refractivity contribution in [1.29, 1.82) is 0 Å². The van der Waals surface area contributed by atoms with Crippen LogP contribution in [-0.4, -0.2) is 39.1 Å². The fraction of sp³-hybridized carbons (Fsp3) is 0.308. The van der Waals surface area contributed by atoms with Crippen molar-refractivity contribution >= 4 is 36.1 Å². The Morgan fingerprint density at radius 1 is 1.03 bits per heavy atom. The summed E-state index contributed by atoms with van der Waals surface area (Å²) in [6, 6.07) is 19.5. The molecule has 192 valence electrons. The fourth-order valence-corrected chi connectivity index (χ4v) is 4.23. The summed E-state index contributed by atoms with van der Waals surface area (Å²) in [4.78, 5) is 47.2. The van der Waals surface area contributed by atoms with E-state index in [2.05, 4.69) is 34.1 Å². The van der Waals surface area contributed by atoms with Crippen LogP contribution < -0.4 is 16.0 Å². The number of amides is 2. The van der Waals surface area contributed by atoms with Crippen LogP contribution in [0.2, 0.25) is 0 Å². The van der Waals surface area contributed by atoms with Gasteiger partial charge >= 0.3 is 7.82 Å². The molecule has 2 atom stereocenters. The predicted octanol–water partition coefficient (Wildman–Crippen LogP) is 3.79. The molecule has 1 aliphatic heterocycles. The molecule has 0 spiro atoms. The van der Waals surface area contributed by atoms with Crippen molar-refractivity contribution in [2.24, 2.45) is 0 Å². The Morgan fingerprint density at radius 2 is 1.72 bits per heavy atom. The highest BCUT2D eigenvalue weighted by Crippen LogP contribution is 2.26. The Balaban J connectivity index is 0.000000658. The van der Waals surface area contributed by atoms with Crippen molar-refractivity contribution in [2.75, 3.05) is 11.9 Å². The van der Waals surface area contributed by atoms with Gasteiger partial charge in [0.1, 0.15) is 0 Å². The van der Waals surface area contributed by atoms with Crippen molar-refractivity contribution < 1.29 is 28.8 Å². The van der Waals surface area contributed by atoms with E-state index in [1.807, 2.05) is 50.2 Å². The van der Waals surface area contributed by atoms with Gasteiger partial charge in [-0.2, -0.15) is 0 Å². The standard InChI is InChI=1S/C26H29N3O2.H3O4P/c1-17-13-14-20(29-26(31)24-12-5-6-15-27-24)16-23(17)25(30)28-18(2)21-11-7-9-19-8-3-4-10-22(19)21;1-5(2,3)4/h3-4,7-11,13-14,16,18,24,27H,5-6,12,15H2,1-2H3,(H,28,30)(H,29,31);(H3,1,2,3,4)/t18-,24-;/m1./s1. The summed E-state index contributed by atoms with van der Waals surface area (Å²) in [5.41, 5.74) is 3.17. The molecule has 9 nitrogen and oxygen atoms in total. The Kier molecular flexibility index (Phi) is 9.37. The molecular weight excluding hydrogens is 481 g/mol. The van der Waals surface area contributed by atoms with Gasteiger partial charge in [-0.05, 0) is 67.3 Å². The lowest BCUT2D eigenvalue weighted by Crippen LogP contribution is -2.43. The summed E-state index contributed by atoms with van der Waals surface area (Å²) in [7, 11) is -4.64. The molecule has 0 radical (unpaired) electrons. The molecule has 6 N–H and O–H groups in total. The van der Waals surface area contributed by atoms with E-state index in [0.717, 1.165) is 47.7 Å². The first-order valence-corrected chi connectivity index (χ1v) is 13.3. The lowest BCUT2D eigenvalue weighted by molar-refractivity contribution is -0.118. The maximum atomic E-state index is 13.1. The van der Waals surface area contributed by atoms with Crippen LogP contribution in [0.5, 0.6) is 0 Å². The number of anilines is 1. The van der Waals surface area contributed by atoms with Crippen LogP contribution >= 0.6 is 7.82 Å². The van der Waals surface area contributed by atoms with E-state index in [9.17, 15) is 9.59 Å². The molecule has 1 aliphatic rings. The number of phosphoric acid groups is 1. The van der Waals surface area contributed by atoms with Crippen molar-refractivity contribution in [3.63, 3.8) is 0 Å². The SMILES string of the molecule is Cc1ccc(NC(=O)[C@H]2CCCCN2)cc1C(=O)N[C@H](C)c1cccc2ccccc12.O=P(O)(O)O. The summed E-state index contributed by atoms with van der Waals surface area (Å²) in [5.74, 6) is -0.191. The number of carbonyl (C=O) groups is 2. The highest BCUT2D eigenvalue weighted by molar-refractivity contribution is 7.45. The molecule has 3 aromatic rings. The van der Waals surface area contributed by atoms with E-state index < -0.39 is 7.82 Å². The van der Waals surface area contributed by atoms with Gasteiger partial charge in [0.05, 0.1) is 12.1 Å². The number of carbonyl (C=O) groups excluding carboxylic acids is 2. The first kappa shape index (κ1) is 27.5. The number of hydrogen-bond donors (Lipinski definition) is 6. The molecule has 1 saturated heterocycles. The van der Waals surface area contributed by atoms with Gasteiger partial charge in [0, 0.05) is 11.3 Å². The summed E-state index contributed by atoms with van der Waals surface area (Å²) < 4.78 is 8.88. The third-order valence-corrected chi connectivity index (χ3v) is 6.01. The van der Waals surface area contributed by atoms with Crippen LogP contribution in [0.4, 0.5) is 5.69 Å². The van der Waals surface area contributed by atoms with Crippen LogP contribution in [0.25, 0.3) is 10.8 Å². The maximum Gasteiger partial charge on any atom is 0.466 e. The Labute approximate surface area is 210 Å². The average Bonchev–Trinajstić information content (AvgIpc) is 2.84. The number of piperidine rings is 1. The first-order valence-electron chi connectivity index (χ1n) is 11.7. The van der Waals surface area contributed by atoms with E-state index in [1.54, 1.807) is 6.07 Å². The molecule has 4 rings (SSSR count). The van der Waals surface area contributed by atoms with Crippen LogP contribution in [0, 0.1) is 6.92 Å². The summed E-state index contributed by atoms with van der Waals surface area (Å²) in [6.45, 7) is 4.77. The second-order valence-corrected chi connectivity index (χ2v) is 9.82. The van der Waals surface area contributed by atoms with Gasteiger partial charge in [-0.15, -0.1) is 0 Å². The van der Waals surface area contributed by atoms with E-state index in [4.69, 9.17) is 19.2 Å². The maximum absolute atomic E-state index is 13.1. The molecule has 2 amide bonds. The number of nitrogens with one attached hydrogen (secondary N) is 3. The van der Waals surface area contributed by atoms with Crippen molar-refractivity contribution in [1.82, 2.24) is 10.6 Å². The molecule has 3 aromatic carbocycles. The topological polar surface area (TPSA) is 148 Å². The minimum atomic E-state index is -4.64. The van der Waals surface area contributed by atoms with Crippen LogP contribution in [0.1, 0.15) is 53.7 Å². The summed E-state index contributed by atoms with van der Waals surface area (Å²) in [5, 5.41) is 11.6. The lowest BCUT2D eigenvalue weighted by atomic mass is 9.99. The van der Waals surface area contributed by atoms with Gasteiger partial charge in [0.15, 0.2) is 0 Å². The molecule has 0 saturated carbocycles. The van der Waals surface area contributed by atoms with Crippen molar-refractivity contribution in [3.05, 3.63) is 77.4 Å². The Bertz CT molecular complexity index is 1260. The van der Waals surface area contributed by atoms with Crippen molar-refractivity contribution in [2.45, 2.75) is 45.2 Å². The van der Waals surface area contributed by atoms with E-state index in [-0.39, 0.29) is 23.9 Å². The number of fused-ring (bicyclic) bond motifs is 1. The van der Waals surface area contributed by atoms with E-state index >= 15 is 0 Å². The zero-order valence-electron chi connectivity index (χ0n) is 20.3. The van der Waals surface area contributed by atoms with Gasteiger partial charge < -0.3 is 30.6 Å². The summed E-state index contributed by atoms with van der Waals surface area (Å²) in [6.07, 6.45) is 3.00.